The first kappa shape index (κ1) is 22.7. The summed E-state index contributed by atoms with van der Waals surface area (Å²) in [6.07, 6.45) is 3.25. The van der Waals surface area contributed by atoms with Crippen LogP contribution in [0.25, 0.3) is 0 Å². The van der Waals surface area contributed by atoms with Crippen molar-refractivity contribution in [1.82, 2.24) is 0 Å². The fraction of sp³-hybridized carbons (Fsp3) is 0.357. The van der Waals surface area contributed by atoms with E-state index in [1.54, 1.807) is 0 Å². The second-order valence-corrected chi connectivity index (χ2v) is 7.64. The van der Waals surface area contributed by atoms with Gasteiger partial charge in [-0.1, -0.05) is 77.9 Å². The summed E-state index contributed by atoms with van der Waals surface area (Å²) in [7, 11) is 0. The minimum atomic E-state index is 0.676. The molecule has 0 amide bonds. The van der Waals surface area contributed by atoms with E-state index in [-0.39, 0.29) is 0 Å². The van der Waals surface area contributed by atoms with Gasteiger partial charge in [0.15, 0.2) is 0 Å². The Balaban J connectivity index is 0.00000145. The first-order chi connectivity index (χ1) is 14.1. The monoisotopic (exact) mass is 387 g/mol. The summed E-state index contributed by atoms with van der Waals surface area (Å²) < 4.78 is 0. The van der Waals surface area contributed by atoms with Crippen molar-refractivity contribution in [3.8, 4) is 0 Å². The number of rotatable bonds is 7. The van der Waals surface area contributed by atoms with Crippen LogP contribution >= 0.6 is 0 Å². The van der Waals surface area contributed by atoms with Gasteiger partial charge in [-0.3, -0.25) is 0 Å². The first-order valence-electron chi connectivity index (χ1n) is 11.2. The van der Waals surface area contributed by atoms with Crippen LogP contribution in [0.5, 0.6) is 0 Å². The topological polar surface area (TPSA) is 3.24 Å². The van der Waals surface area contributed by atoms with Crippen LogP contribution in [0.4, 0.5) is 17.1 Å². The second-order valence-electron chi connectivity index (χ2n) is 7.64. The Morgan fingerprint density at radius 1 is 0.552 bits per heavy atom. The van der Waals surface area contributed by atoms with E-state index < -0.39 is 0 Å². The van der Waals surface area contributed by atoms with Crippen LogP contribution in [0.2, 0.25) is 0 Å². The van der Waals surface area contributed by atoms with E-state index in [9.17, 15) is 0 Å². The molecule has 0 unspecified atom stereocenters. The zero-order valence-electron chi connectivity index (χ0n) is 19.1. The maximum absolute atomic E-state index is 2.35. The van der Waals surface area contributed by atoms with Gasteiger partial charge in [0.25, 0.3) is 0 Å². The van der Waals surface area contributed by atoms with Crippen molar-refractivity contribution >= 4 is 17.1 Å². The number of hydrogen-bond donors (Lipinski definition) is 0. The minimum Gasteiger partial charge on any atom is -0.311 e. The van der Waals surface area contributed by atoms with Gasteiger partial charge in [0, 0.05) is 17.1 Å². The number of benzene rings is 3. The van der Waals surface area contributed by atoms with E-state index in [1.165, 1.54) is 33.8 Å². The van der Waals surface area contributed by atoms with Crippen molar-refractivity contribution in [1.29, 1.82) is 0 Å². The van der Waals surface area contributed by atoms with Gasteiger partial charge in [0.05, 0.1) is 0 Å². The summed E-state index contributed by atoms with van der Waals surface area (Å²) in [6, 6.07) is 26.9. The highest BCUT2D eigenvalue weighted by Crippen LogP contribution is 2.35. The van der Waals surface area contributed by atoms with Crippen LogP contribution < -0.4 is 4.90 Å². The molecule has 3 aromatic rings. The number of nitrogens with zero attached hydrogens (tertiary/aromatic N) is 1. The van der Waals surface area contributed by atoms with E-state index in [1.807, 2.05) is 13.8 Å². The van der Waals surface area contributed by atoms with Crippen molar-refractivity contribution < 1.29 is 0 Å². The molecular formula is C28H37N. The van der Waals surface area contributed by atoms with Gasteiger partial charge in [0.1, 0.15) is 0 Å². The predicted octanol–water partition coefficient (Wildman–Crippen LogP) is 8.51. The Kier molecular flexibility index (Phi) is 8.99. The molecule has 0 radical (unpaired) electrons. The summed E-state index contributed by atoms with van der Waals surface area (Å²) in [5.41, 5.74) is 7.74. The Hall–Kier alpha value is -2.54. The Morgan fingerprint density at radius 2 is 0.862 bits per heavy atom. The minimum absolute atomic E-state index is 0.676. The molecule has 0 spiro atoms. The SMILES string of the molecule is CC.CCc1ccc(N(c2ccc(CC)cc2)c2ccc(CC(C)C)cc2)cc1. The van der Waals surface area contributed by atoms with E-state index in [2.05, 4.69) is 105 Å². The summed E-state index contributed by atoms with van der Waals surface area (Å²) in [5, 5.41) is 0. The van der Waals surface area contributed by atoms with Crippen molar-refractivity contribution in [2.75, 3.05) is 4.90 Å². The molecule has 29 heavy (non-hydrogen) atoms. The van der Waals surface area contributed by atoms with Crippen LogP contribution in [0.3, 0.4) is 0 Å². The smallest absolute Gasteiger partial charge is 0.0461 e. The lowest BCUT2D eigenvalue weighted by Crippen LogP contribution is -2.10. The van der Waals surface area contributed by atoms with Gasteiger partial charge < -0.3 is 4.90 Å². The highest BCUT2D eigenvalue weighted by molar-refractivity contribution is 5.76. The lowest BCUT2D eigenvalue weighted by Gasteiger charge is -2.26. The molecule has 0 bridgehead atoms. The molecule has 0 atom stereocenters. The standard InChI is InChI=1S/C26H31N.C2H6/c1-5-21-7-13-24(14-8-21)27(25-15-9-22(6-2)10-16-25)26-17-11-23(12-18-26)19-20(3)4;1-2/h7-18,20H,5-6,19H2,1-4H3;1-2H3. The average molecular weight is 388 g/mol. The lowest BCUT2D eigenvalue weighted by atomic mass is 10.0. The number of hydrogen-bond acceptors (Lipinski definition) is 1. The lowest BCUT2D eigenvalue weighted by molar-refractivity contribution is 0.647. The third-order valence-corrected chi connectivity index (χ3v) is 5.04. The average Bonchev–Trinajstić information content (AvgIpc) is 2.77. The quantitative estimate of drug-likeness (QED) is 0.393. The van der Waals surface area contributed by atoms with Gasteiger partial charge in [-0.25, -0.2) is 0 Å². The van der Waals surface area contributed by atoms with E-state index in [0.717, 1.165) is 19.3 Å². The summed E-state index contributed by atoms with van der Waals surface area (Å²) >= 11 is 0. The molecule has 3 aromatic carbocycles. The molecular weight excluding hydrogens is 350 g/mol. The van der Waals surface area contributed by atoms with Gasteiger partial charge >= 0.3 is 0 Å². The van der Waals surface area contributed by atoms with E-state index >= 15 is 0 Å². The first-order valence-corrected chi connectivity index (χ1v) is 11.2. The normalized spacial score (nSPS) is 10.4. The molecule has 1 nitrogen and oxygen atoms in total. The van der Waals surface area contributed by atoms with Crippen LogP contribution in [-0.2, 0) is 19.3 Å². The van der Waals surface area contributed by atoms with Crippen molar-refractivity contribution in [3.63, 3.8) is 0 Å². The van der Waals surface area contributed by atoms with Gasteiger partial charge in [0.2, 0.25) is 0 Å². The fourth-order valence-electron chi connectivity index (χ4n) is 3.46. The number of aryl methyl sites for hydroxylation is 2. The fourth-order valence-corrected chi connectivity index (χ4v) is 3.46. The molecule has 0 N–H and O–H groups in total. The van der Waals surface area contributed by atoms with Crippen LogP contribution in [0, 0.1) is 5.92 Å². The summed E-state index contributed by atoms with van der Waals surface area (Å²) in [6.45, 7) is 12.9. The molecule has 0 fully saturated rings. The Bertz CT molecular complexity index is 779. The predicted molar refractivity (Wildman–Crippen MR) is 130 cm³/mol. The van der Waals surface area contributed by atoms with Crippen LogP contribution in [0.1, 0.15) is 58.2 Å². The van der Waals surface area contributed by atoms with Gasteiger partial charge in [-0.2, -0.15) is 0 Å². The molecule has 0 saturated heterocycles. The summed E-state index contributed by atoms with van der Waals surface area (Å²) in [5.74, 6) is 0.676. The molecule has 154 valence electrons. The molecule has 0 aliphatic carbocycles. The van der Waals surface area contributed by atoms with E-state index in [4.69, 9.17) is 0 Å². The van der Waals surface area contributed by atoms with Gasteiger partial charge in [-0.15, -0.1) is 0 Å². The van der Waals surface area contributed by atoms with Crippen LogP contribution in [0.15, 0.2) is 72.8 Å². The van der Waals surface area contributed by atoms with Gasteiger partial charge in [-0.05, 0) is 78.3 Å². The van der Waals surface area contributed by atoms with Crippen molar-refractivity contribution in [2.45, 2.75) is 60.8 Å². The molecule has 0 aromatic heterocycles. The molecule has 0 aliphatic rings. The third kappa shape index (κ3) is 6.22. The molecule has 1 heteroatoms. The highest BCUT2D eigenvalue weighted by Gasteiger charge is 2.12. The highest BCUT2D eigenvalue weighted by atomic mass is 15.1. The largest absolute Gasteiger partial charge is 0.311 e. The molecule has 0 heterocycles. The molecule has 3 rings (SSSR count). The van der Waals surface area contributed by atoms with Crippen molar-refractivity contribution in [2.24, 2.45) is 5.92 Å². The molecule has 0 aliphatic heterocycles. The third-order valence-electron chi connectivity index (χ3n) is 5.04. The molecule has 0 saturated carbocycles. The van der Waals surface area contributed by atoms with Crippen LogP contribution in [-0.4, -0.2) is 0 Å². The van der Waals surface area contributed by atoms with Crippen molar-refractivity contribution in [3.05, 3.63) is 89.5 Å². The van der Waals surface area contributed by atoms with E-state index in [0.29, 0.717) is 5.92 Å². The Morgan fingerprint density at radius 3 is 1.14 bits per heavy atom. The maximum atomic E-state index is 2.35. The zero-order valence-corrected chi connectivity index (χ0v) is 19.1. The number of anilines is 3. The Labute approximate surface area is 178 Å². The maximum Gasteiger partial charge on any atom is 0.0461 e. The zero-order chi connectivity index (χ0) is 21.2. The second kappa shape index (κ2) is 11.5. The summed E-state index contributed by atoms with van der Waals surface area (Å²) in [4.78, 5) is 2.35.